The average molecular weight is 477 g/mol. The Hall–Kier alpha value is -3.98. The maximum Gasteiger partial charge on any atom is 0.358 e. The Bertz CT molecular complexity index is 1340. The molecule has 0 bridgehead atoms. The molecule has 0 radical (unpaired) electrons. The van der Waals surface area contributed by atoms with Crippen LogP contribution in [0.5, 0.6) is 0 Å². The van der Waals surface area contributed by atoms with Gasteiger partial charge >= 0.3 is 5.97 Å². The van der Waals surface area contributed by atoms with Crippen molar-refractivity contribution in [2.75, 3.05) is 18.2 Å². The van der Waals surface area contributed by atoms with Gasteiger partial charge in [0.25, 0.3) is 5.91 Å². The zero-order chi connectivity index (χ0) is 24.1. The molecule has 0 saturated carbocycles. The summed E-state index contributed by atoms with van der Waals surface area (Å²) in [5.41, 5.74) is 3.00. The van der Waals surface area contributed by atoms with Crippen LogP contribution in [0.1, 0.15) is 27.8 Å². The highest BCUT2D eigenvalue weighted by Crippen LogP contribution is 2.27. The summed E-state index contributed by atoms with van der Waals surface area (Å²) in [5.74, 6) is -1.23. The molecule has 0 aliphatic rings. The van der Waals surface area contributed by atoms with Crippen LogP contribution >= 0.6 is 11.8 Å². The van der Waals surface area contributed by atoms with E-state index in [4.69, 9.17) is 4.74 Å². The molecule has 2 aromatic heterocycles. The van der Waals surface area contributed by atoms with Crippen LogP contribution in [0.3, 0.4) is 0 Å². The largest absolute Gasteiger partial charge is 0.461 e. The first-order chi connectivity index (χ1) is 16.5. The van der Waals surface area contributed by atoms with Gasteiger partial charge in [0, 0.05) is 17.4 Å². The van der Waals surface area contributed by atoms with Crippen LogP contribution < -0.4 is 5.32 Å². The monoisotopic (exact) mass is 476 g/mol. The Kier molecular flexibility index (Phi) is 7.03. The van der Waals surface area contributed by atoms with Crippen LogP contribution in [0.4, 0.5) is 10.1 Å². The number of ether oxygens (including phenoxy) is 1. The van der Waals surface area contributed by atoms with Gasteiger partial charge < -0.3 is 10.1 Å². The summed E-state index contributed by atoms with van der Waals surface area (Å²) in [4.78, 5) is 29.4. The standard InChI is InChI=1S/C25H21FN4O3S/c1-3-33-25(32)21-15-22(30(29-21)19-11-9-17(26)10-12-19)16-6-4-7-18(14-16)28-23(31)20-8-5-13-27-24(20)34-2/h4-15H,3H2,1-2H3,(H,28,31). The lowest BCUT2D eigenvalue weighted by molar-refractivity contribution is 0.0519. The SMILES string of the molecule is CCOC(=O)c1cc(-c2cccc(NC(=O)c3cccnc3SC)c2)n(-c2ccc(F)cc2)n1. The van der Waals surface area contributed by atoms with Crippen LogP contribution in [0.25, 0.3) is 16.9 Å². The molecule has 172 valence electrons. The molecular formula is C25H21FN4O3S. The van der Waals surface area contributed by atoms with E-state index in [1.165, 1.54) is 23.9 Å². The summed E-state index contributed by atoms with van der Waals surface area (Å²) in [5, 5.41) is 7.91. The number of esters is 1. The lowest BCUT2D eigenvalue weighted by atomic mass is 10.1. The summed E-state index contributed by atoms with van der Waals surface area (Å²) in [6.45, 7) is 1.93. The van der Waals surface area contributed by atoms with Crippen LogP contribution in [-0.2, 0) is 4.74 Å². The summed E-state index contributed by atoms with van der Waals surface area (Å²) in [6, 6.07) is 18.0. The van der Waals surface area contributed by atoms with Gasteiger partial charge in [-0.15, -0.1) is 11.8 Å². The van der Waals surface area contributed by atoms with E-state index in [0.717, 1.165) is 0 Å². The zero-order valence-electron chi connectivity index (χ0n) is 18.5. The molecule has 0 atom stereocenters. The number of halogens is 1. The fraction of sp³-hybridized carbons (Fsp3) is 0.120. The van der Waals surface area contributed by atoms with Crippen molar-refractivity contribution in [2.45, 2.75) is 11.9 Å². The first-order valence-electron chi connectivity index (χ1n) is 10.4. The second-order valence-corrected chi connectivity index (χ2v) is 7.91. The molecule has 4 aromatic rings. The fourth-order valence-electron chi connectivity index (χ4n) is 3.35. The number of pyridine rings is 1. The molecule has 0 saturated heterocycles. The van der Waals surface area contributed by atoms with Crippen LogP contribution in [0, 0.1) is 5.82 Å². The molecule has 0 aliphatic carbocycles. The Morgan fingerprint density at radius 2 is 1.88 bits per heavy atom. The fourth-order valence-corrected chi connectivity index (χ4v) is 3.90. The predicted molar refractivity (Wildman–Crippen MR) is 129 cm³/mol. The van der Waals surface area contributed by atoms with Crippen LogP contribution in [-0.4, -0.2) is 39.5 Å². The normalized spacial score (nSPS) is 10.7. The van der Waals surface area contributed by atoms with E-state index in [1.807, 2.05) is 12.3 Å². The Balaban J connectivity index is 1.71. The zero-order valence-corrected chi connectivity index (χ0v) is 19.3. The molecule has 0 spiro atoms. The number of benzene rings is 2. The average Bonchev–Trinajstić information content (AvgIpc) is 3.30. The third-order valence-electron chi connectivity index (χ3n) is 4.89. The molecule has 0 aliphatic heterocycles. The molecule has 7 nitrogen and oxygen atoms in total. The van der Waals surface area contributed by atoms with Gasteiger partial charge in [-0.05, 0) is 67.8 Å². The highest BCUT2D eigenvalue weighted by molar-refractivity contribution is 7.98. The number of carbonyl (C=O) groups excluding carboxylic acids is 2. The molecule has 34 heavy (non-hydrogen) atoms. The smallest absolute Gasteiger partial charge is 0.358 e. The molecule has 0 fully saturated rings. The number of hydrogen-bond acceptors (Lipinski definition) is 6. The quantitative estimate of drug-likeness (QED) is 0.291. The predicted octanol–water partition coefficient (Wildman–Crippen LogP) is 5.22. The van der Waals surface area contributed by atoms with Gasteiger partial charge in [0.05, 0.1) is 23.6 Å². The third kappa shape index (κ3) is 4.99. The Morgan fingerprint density at radius 3 is 2.62 bits per heavy atom. The first-order valence-corrected chi connectivity index (χ1v) is 11.7. The molecular weight excluding hydrogens is 455 g/mol. The number of amides is 1. The van der Waals surface area contributed by atoms with Crippen molar-refractivity contribution in [1.82, 2.24) is 14.8 Å². The van der Waals surface area contributed by atoms with E-state index >= 15 is 0 Å². The highest BCUT2D eigenvalue weighted by Gasteiger charge is 2.19. The summed E-state index contributed by atoms with van der Waals surface area (Å²) < 4.78 is 20.1. The molecule has 0 unspecified atom stereocenters. The van der Waals surface area contributed by atoms with Crippen molar-refractivity contribution in [2.24, 2.45) is 0 Å². The lowest BCUT2D eigenvalue weighted by Crippen LogP contribution is -2.13. The molecule has 1 N–H and O–H groups in total. The van der Waals surface area contributed by atoms with Gasteiger partial charge in [0.2, 0.25) is 0 Å². The van der Waals surface area contributed by atoms with Gasteiger partial charge in [0.1, 0.15) is 10.8 Å². The van der Waals surface area contributed by atoms with E-state index in [1.54, 1.807) is 66.3 Å². The number of aromatic nitrogens is 3. The van der Waals surface area contributed by atoms with E-state index in [0.29, 0.717) is 33.2 Å². The van der Waals surface area contributed by atoms with Crippen LogP contribution in [0.2, 0.25) is 0 Å². The number of carbonyl (C=O) groups is 2. The van der Waals surface area contributed by atoms with Crippen LogP contribution in [0.15, 0.2) is 78.0 Å². The van der Waals surface area contributed by atoms with Gasteiger partial charge in [-0.25, -0.2) is 18.9 Å². The first kappa shape index (κ1) is 23.2. The van der Waals surface area contributed by atoms with Crippen molar-refractivity contribution in [3.05, 3.63) is 90.0 Å². The third-order valence-corrected chi connectivity index (χ3v) is 5.60. The maximum atomic E-state index is 13.5. The van der Waals surface area contributed by atoms with Gasteiger partial charge in [-0.3, -0.25) is 4.79 Å². The number of rotatable bonds is 7. The molecule has 4 rings (SSSR count). The lowest BCUT2D eigenvalue weighted by Gasteiger charge is -2.11. The second-order valence-electron chi connectivity index (χ2n) is 7.12. The van der Waals surface area contributed by atoms with Crippen molar-refractivity contribution >= 4 is 29.3 Å². The number of anilines is 1. The van der Waals surface area contributed by atoms with E-state index in [-0.39, 0.29) is 24.0 Å². The number of nitrogens with zero attached hydrogens (tertiary/aromatic N) is 3. The van der Waals surface area contributed by atoms with Gasteiger partial charge in [-0.1, -0.05) is 12.1 Å². The van der Waals surface area contributed by atoms with Crippen molar-refractivity contribution in [3.8, 4) is 16.9 Å². The van der Waals surface area contributed by atoms with E-state index in [9.17, 15) is 14.0 Å². The minimum absolute atomic E-state index is 0.121. The second kappa shape index (κ2) is 10.3. The molecule has 2 aromatic carbocycles. The van der Waals surface area contributed by atoms with E-state index < -0.39 is 5.97 Å². The highest BCUT2D eigenvalue weighted by atomic mass is 32.2. The van der Waals surface area contributed by atoms with Gasteiger partial charge in [0.15, 0.2) is 5.69 Å². The minimum atomic E-state index is -0.560. The Labute approximate surface area is 200 Å². The molecule has 9 heteroatoms. The van der Waals surface area contributed by atoms with Crippen molar-refractivity contribution in [1.29, 1.82) is 0 Å². The number of thioether (sulfide) groups is 1. The summed E-state index contributed by atoms with van der Waals surface area (Å²) in [7, 11) is 0. The Morgan fingerprint density at radius 1 is 1.09 bits per heavy atom. The topological polar surface area (TPSA) is 86.1 Å². The molecule has 2 heterocycles. The van der Waals surface area contributed by atoms with E-state index in [2.05, 4.69) is 15.4 Å². The number of nitrogens with one attached hydrogen (secondary N) is 1. The number of hydrogen-bond donors (Lipinski definition) is 1. The van der Waals surface area contributed by atoms with Gasteiger partial charge in [-0.2, -0.15) is 5.10 Å². The molecule has 1 amide bonds. The minimum Gasteiger partial charge on any atom is -0.461 e. The maximum absolute atomic E-state index is 13.5. The summed E-state index contributed by atoms with van der Waals surface area (Å²) in [6.07, 6.45) is 3.50. The summed E-state index contributed by atoms with van der Waals surface area (Å²) >= 11 is 1.39. The van der Waals surface area contributed by atoms with Crippen molar-refractivity contribution < 1.29 is 18.7 Å². The van der Waals surface area contributed by atoms with Crippen molar-refractivity contribution in [3.63, 3.8) is 0 Å².